The molecule has 0 fully saturated rings. The van der Waals surface area contributed by atoms with Gasteiger partial charge < -0.3 is 14.6 Å². The summed E-state index contributed by atoms with van der Waals surface area (Å²) in [5.41, 5.74) is 2.49. The van der Waals surface area contributed by atoms with Crippen LogP contribution in [0.15, 0.2) is 47.0 Å². The van der Waals surface area contributed by atoms with Crippen LogP contribution in [0.5, 0.6) is 5.75 Å². The van der Waals surface area contributed by atoms with E-state index >= 15 is 0 Å². The molecular formula is C17H16FN3O2. The summed E-state index contributed by atoms with van der Waals surface area (Å²) >= 11 is 0. The van der Waals surface area contributed by atoms with Crippen LogP contribution in [0.2, 0.25) is 0 Å². The molecule has 0 saturated heterocycles. The molecule has 2 aromatic carbocycles. The van der Waals surface area contributed by atoms with Gasteiger partial charge in [0.05, 0.1) is 13.7 Å². The van der Waals surface area contributed by atoms with E-state index < -0.39 is 0 Å². The zero-order chi connectivity index (χ0) is 16.2. The smallest absolute Gasteiger partial charge is 0.246 e. The van der Waals surface area contributed by atoms with Crippen LogP contribution >= 0.6 is 0 Å². The van der Waals surface area contributed by atoms with Crippen LogP contribution in [0.4, 0.5) is 10.1 Å². The lowest BCUT2D eigenvalue weighted by molar-refractivity contribution is 0.384. The number of nitrogens with zero attached hydrogens (tertiary/aromatic N) is 2. The van der Waals surface area contributed by atoms with Crippen LogP contribution in [0.1, 0.15) is 11.5 Å². The number of aryl methyl sites for hydroxylation is 1. The summed E-state index contributed by atoms with van der Waals surface area (Å²) in [6, 6.07) is 12.0. The molecule has 0 amide bonds. The van der Waals surface area contributed by atoms with Crippen LogP contribution in [-0.2, 0) is 6.54 Å². The maximum absolute atomic E-state index is 13.1. The molecule has 0 atom stereocenters. The lowest BCUT2D eigenvalue weighted by Gasteiger charge is -2.06. The van der Waals surface area contributed by atoms with Gasteiger partial charge >= 0.3 is 0 Å². The molecule has 0 radical (unpaired) electrons. The highest BCUT2D eigenvalue weighted by molar-refractivity contribution is 5.55. The van der Waals surface area contributed by atoms with Crippen LogP contribution < -0.4 is 10.1 Å². The Hall–Kier alpha value is -2.89. The van der Waals surface area contributed by atoms with Gasteiger partial charge in [0.1, 0.15) is 11.6 Å². The summed E-state index contributed by atoms with van der Waals surface area (Å²) in [5, 5.41) is 7.12. The summed E-state index contributed by atoms with van der Waals surface area (Å²) in [4.78, 5) is 4.34. The molecule has 1 heterocycles. The summed E-state index contributed by atoms with van der Waals surface area (Å²) in [5.74, 6) is 1.48. The van der Waals surface area contributed by atoms with Crippen LogP contribution in [0, 0.1) is 12.7 Å². The van der Waals surface area contributed by atoms with E-state index in [-0.39, 0.29) is 5.82 Å². The molecular weight excluding hydrogens is 297 g/mol. The molecule has 0 aliphatic heterocycles. The average molecular weight is 313 g/mol. The minimum atomic E-state index is -0.257. The zero-order valence-corrected chi connectivity index (χ0v) is 12.8. The van der Waals surface area contributed by atoms with Gasteiger partial charge in [-0.05, 0) is 55.0 Å². The largest absolute Gasteiger partial charge is 0.497 e. The van der Waals surface area contributed by atoms with Crippen LogP contribution in [-0.4, -0.2) is 17.3 Å². The van der Waals surface area contributed by atoms with Gasteiger partial charge in [0.15, 0.2) is 0 Å². The van der Waals surface area contributed by atoms with Crippen molar-refractivity contribution in [2.45, 2.75) is 13.5 Å². The normalized spacial score (nSPS) is 10.6. The molecule has 6 heteroatoms. The lowest BCUT2D eigenvalue weighted by Crippen LogP contribution is -2.01. The van der Waals surface area contributed by atoms with Crippen molar-refractivity contribution in [1.82, 2.24) is 10.1 Å². The Bertz CT molecular complexity index is 800. The Labute approximate surface area is 133 Å². The molecule has 0 aliphatic rings. The predicted molar refractivity (Wildman–Crippen MR) is 84.7 cm³/mol. The number of anilines is 1. The third-order valence-corrected chi connectivity index (χ3v) is 3.43. The Morgan fingerprint density at radius 1 is 1.17 bits per heavy atom. The van der Waals surface area contributed by atoms with Crippen molar-refractivity contribution in [2.24, 2.45) is 0 Å². The second-order valence-corrected chi connectivity index (χ2v) is 5.05. The molecule has 0 unspecified atom stereocenters. The highest BCUT2D eigenvalue weighted by Gasteiger charge is 2.09. The first-order valence-electron chi connectivity index (χ1n) is 7.13. The summed E-state index contributed by atoms with van der Waals surface area (Å²) < 4.78 is 23.4. The van der Waals surface area contributed by atoms with Crippen molar-refractivity contribution in [2.75, 3.05) is 12.4 Å². The predicted octanol–water partition coefficient (Wildman–Crippen LogP) is 3.80. The van der Waals surface area contributed by atoms with Gasteiger partial charge in [-0.15, -0.1) is 0 Å². The molecule has 118 valence electrons. The Morgan fingerprint density at radius 2 is 1.96 bits per heavy atom. The fraction of sp³-hybridized carbons (Fsp3) is 0.176. The van der Waals surface area contributed by atoms with E-state index in [9.17, 15) is 4.39 Å². The number of rotatable bonds is 5. The third kappa shape index (κ3) is 3.48. The highest BCUT2D eigenvalue weighted by Crippen LogP contribution is 2.20. The minimum absolute atomic E-state index is 0.257. The van der Waals surface area contributed by atoms with E-state index in [4.69, 9.17) is 9.26 Å². The molecule has 5 nitrogen and oxygen atoms in total. The van der Waals surface area contributed by atoms with Crippen molar-refractivity contribution in [1.29, 1.82) is 0 Å². The number of aromatic nitrogens is 2. The Balaban J connectivity index is 1.69. The SMILES string of the molecule is COc1ccc(-c2noc(CNc3ccc(F)cc3C)n2)cc1. The fourth-order valence-corrected chi connectivity index (χ4v) is 2.18. The van der Waals surface area contributed by atoms with E-state index in [2.05, 4.69) is 15.5 Å². The van der Waals surface area contributed by atoms with Crippen molar-refractivity contribution in [3.8, 4) is 17.1 Å². The second-order valence-electron chi connectivity index (χ2n) is 5.05. The Morgan fingerprint density at radius 3 is 2.65 bits per heavy atom. The van der Waals surface area contributed by atoms with Gasteiger partial charge in [0, 0.05) is 11.3 Å². The number of hydrogen-bond donors (Lipinski definition) is 1. The number of hydrogen-bond acceptors (Lipinski definition) is 5. The first-order valence-corrected chi connectivity index (χ1v) is 7.13. The molecule has 1 N–H and O–H groups in total. The van der Waals surface area contributed by atoms with Gasteiger partial charge in [0.25, 0.3) is 0 Å². The Kier molecular flexibility index (Phi) is 4.23. The number of nitrogens with one attached hydrogen (secondary N) is 1. The molecule has 0 saturated carbocycles. The minimum Gasteiger partial charge on any atom is -0.497 e. The number of benzene rings is 2. The van der Waals surface area contributed by atoms with Gasteiger partial charge in [-0.1, -0.05) is 5.16 Å². The van der Waals surface area contributed by atoms with E-state index in [1.165, 1.54) is 12.1 Å². The van der Waals surface area contributed by atoms with Crippen LogP contribution in [0.3, 0.4) is 0 Å². The van der Waals surface area contributed by atoms with Crippen LogP contribution in [0.25, 0.3) is 11.4 Å². The zero-order valence-electron chi connectivity index (χ0n) is 12.8. The fourth-order valence-electron chi connectivity index (χ4n) is 2.18. The summed E-state index contributed by atoms with van der Waals surface area (Å²) in [7, 11) is 1.62. The molecule has 3 rings (SSSR count). The molecule has 0 bridgehead atoms. The van der Waals surface area contributed by atoms with Gasteiger partial charge in [0.2, 0.25) is 11.7 Å². The molecule has 0 spiro atoms. The van der Waals surface area contributed by atoms with Crippen molar-refractivity contribution >= 4 is 5.69 Å². The molecule has 3 aromatic rings. The summed E-state index contributed by atoms with van der Waals surface area (Å²) in [6.45, 7) is 2.21. The third-order valence-electron chi connectivity index (χ3n) is 3.43. The first kappa shape index (κ1) is 15.0. The van der Waals surface area contributed by atoms with Gasteiger partial charge in [-0.25, -0.2) is 4.39 Å². The lowest BCUT2D eigenvalue weighted by atomic mass is 10.2. The van der Waals surface area contributed by atoms with E-state index in [1.807, 2.05) is 31.2 Å². The first-order chi connectivity index (χ1) is 11.2. The standard InChI is InChI=1S/C17H16FN3O2/c1-11-9-13(18)5-8-15(11)19-10-16-20-17(21-23-16)12-3-6-14(22-2)7-4-12/h3-9,19H,10H2,1-2H3. The number of halogens is 1. The number of ether oxygens (including phenoxy) is 1. The van der Waals surface area contributed by atoms with E-state index in [0.29, 0.717) is 18.3 Å². The second kappa shape index (κ2) is 6.48. The van der Waals surface area contributed by atoms with E-state index in [1.54, 1.807) is 13.2 Å². The molecule has 0 aliphatic carbocycles. The monoisotopic (exact) mass is 313 g/mol. The summed E-state index contributed by atoms with van der Waals surface area (Å²) in [6.07, 6.45) is 0. The van der Waals surface area contributed by atoms with Gasteiger partial charge in [-0.3, -0.25) is 0 Å². The van der Waals surface area contributed by atoms with Gasteiger partial charge in [-0.2, -0.15) is 4.98 Å². The quantitative estimate of drug-likeness (QED) is 0.776. The number of methoxy groups -OCH3 is 1. The van der Waals surface area contributed by atoms with Crippen molar-refractivity contribution < 1.29 is 13.7 Å². The highest BCUT2D eigenvalue weighted by atomic mass is 19.1. The van der Waals surface area contributed by atoms with Crippen molar-refractivity contribution in [3.05, 3.63) is 59.7 Å². The molecule has 23 heavy (non-hydrogen) atoms. The maximum Gasteiger partial charge on any atom is 0.246 e. The maximum atomic E-state index is 13.1. The van der Waals surface area contributed by atoms with E-state index in [0.717, 1.165) is 22.6 Å². The topological polar surface area (TPSA) is 60.2 Å². The molecule has 1 aromatic heterocycles. The average Bonchev–Trinajstić information content (AvgIpc) is 3.03. The van der Waals surface area contributed by atoms with Crippen molar-refractivity contribution in [3.63, 3.8) is 0 Å².